The van der Waals surface area contributed by atoms with E-state index in [-0.39, 0.29) is 5.71 Å². The Morgan fingerprint density at radius 2 is 1.77 bits per heavy atom. The Morgan fingerprint density at radius 3 is 2.50 bits per heavy atom. The minimum absolute atomic E-state index is 0.199. The third-order valence-corrected chi connectivity index (χ3v) is 3.54. The van der Waals surface area contributed by atoms with E-state index in [1.807, 2.05) is 24.3 Å². The van der Waals surface area contributed by atoms with Gasteiger partial charge in [0.25, 0.3) is 0 Å². The molecular formula is C17H13N5. The lowest BCUT2D eigenvalue weighted by Crippen LogP contribution is -1.96. The molecule has 0 fully saturated rings. The smallest absolute Gasteiger partial charge is 0.237 e. The van der Waals surface area contributed by atoms with Crippen LogP contribution in [0.25, 0.3) is 11.1 Å². The molecule has 2 aromatic carbocycles. The molecule has 0 spiro atoms. The van der Waals surface area contributed by atoms with Crippen molar-refractivity contribution in [1.82, 2.24) is 0 Å². The maximum atomic E-state index is 8.63. The summed E-state index contributed by atoms with van der Waals surface area (Å²) < 4.78 is 0. The highest BCUT2D eigenvalue weighted by atomic mass is 15.3. The maximum absolute atomic E-state index is 8.63. The molecule has 2 aromatic rings. The molecule has 5 nitrogen and oxygen atoms in total. The second-order valence-corrected chi connectivity index (χ2v) is 4.92. The van der Waals surface area contributed by atoms with E-state index in [4.69, 9.17) is 10.5 Å². The summed E-state index contributed by atoms with van der Waals surface area (Å²) in [4.78, 5) is 0. The van der Waals surface area contributed by atoms with E-state index < -0.39 is 0 Å². The minimum atomic E-state index is -0.199. The van der Waals surface area contributed by atoms with E-state index in [0.717, 1.165) is 24.2 Å². The van der Waals surface area contributed by atoms with Crippen molar-refractivity contribution >= 4 is 17.1 Å². The Morgan fingerprint density at radius 1 is 1.05 bits per heavy atom. The molecular weight excluding hydrogens is 274 g/mol. The normalized spacial score (nSPS) is 11.5. The first-order valence-corrected chi connectivity index (χ1v) is 6.91. The molecule has 0 bridgehead atoms. The first-order chi connectivity index (χ1) is 10.8. The fourth-order valence-corrected chi connectivity index (χ4v) is 2.42. The number of nitriles is 2. The SMILES string of the molecule is N#CC(C#N)=NNc1ccc(-c2ccc3c(c2)CCN3)cc1. The molecule has 3 rings (SSSR count). The van der Waals surface area contributed by atoms with Crippen LogP contribution in [0.15, 0.2) is 47.6 Å². The Bertz CT molecular complexity index is 790. The third-order valence-electron chi connectivity index (χ3n) is 3.54. The molecule has 0 aliphatic carbocycles. The van der Waals surface area contributed by atoms with Crippen LogP contribution in [-0.4, -0.2) is 12.3 Å². The summed E-state index contributed by atoms with van der Waals surface area (Å²) >= 11 is 0. The van der Waals surface area contributed by atoms with Crippen molar-refractivity contribution in [3.05, 3.63) is 48.0 Å². The van der Waals surface area contributed by atoms with E-state index in [1.54, 1.807) is 12.1 Å². The van der Waals surface area contributed by atoms with Crippen LogP contribution in [0.4, 0.5) is 11.4 Å². The zero-order valence-electron chi connectivity index (χ0n) is 11.8. The standard InChI is InChI=1S/C17H13N5/c18-10-16(11-19)22-21-15-4-1-12(2-5-15)13-3-6-17-14(9-13)7-8-20-17/h1-6,9,20-21H,7-8H2. The van der Waals surface area contributed by atoms with Gasteiger partial charge in [0.05, 0.1) is 5.69 Å². The van der Waals surface area contributed by atoms with Gasteiger partial charge in [0.1, 0.15) is 12.1 Å². The van der Waals surface area contributed by atoms with Gasteiger partial charge in [-0.05, 0) is 47.4 Å². The summed E-state index contributed by atoms with van der Waals surface area (Å²) in [5.74, 6) is 0. The summed E-state index contributed by atoms with van der Waals surface area (Å²) in [6.07, 6.45) is 1.06. The zero-order chi connectivity index (χ0) is 15.4. The van der Waals surface area contributed by atoms with Gasteiger partial charge in [-0.1, -0.05) is 18.2 Å². The van der Waals surface area contributed by atoms with Crippen LogP contribution in [0.2, 0.25) is 0 Å². The maximum Gasteiger partial charge on any atom is 0.237 e. The van der Waals surface area contributed by atoms with Crippen LogP contribution in [0.5, 0.6) is 0 Å². The van der Waals surface area contributed by atoms with Crippen LogP contribution in [-0.2, 0) is 6.42 Å². The fraction of sp³-hybridized carbons (Fsp3) is 0.118. The Balaban J connectivity index is 1.79. The van der Waals surface area contributed by atoms with Crippen molar-refractivity contribution in [3.8, 4) is 23.3 Å². The molecule has 0 radical (unpaired) electrons. The molecule has 0 amide bonds. The average Bonchev–Trinajstić information content (AvgIpc) is 3.04. The number of fused-ring (bicyclic) bond motifs is 1. The molecule has 0 atom stereocenters. The van der Waals surface area contributed by atoms with Gasteiger partial charge in [-0.15, -0.1) is 0 Å². The zero-order valence-corrected chi connectivity index (χ0v) is 11.8. The van der Waals surface area contributed by atoms with Crippen LogP contribution >= 0.6 is 0 Å². The predicted molar refractivity (Wildman–Crippen MR) is 86.4 cm³/mol. The quantitative estimate of drug-likeness (QED) is 0.671. The van der Waals surface area contributed by atoms with Gasteiger partial charge < -0.3 is 5.32 Å². The van der Waals surface area contributed by atoms with E-state index in [0.29, 0.717) is 0 Å². The molecule has 5 heteroatoms. The van der Waals surface area contributed by atoms with Crippen molar-refractivity contribution in [2.45, 2.75) is 6.42 Å². The molecule has 0 saturated carbocycles. The lowest BCUT2D eigenvalue weighted by atomic mass is 10.0. The summed E-state index contributed by atoms with van der Waals surface area (Å²) in [7, 11) is 0. The molecule has 2 N–H and O–H groups in total. The number of hydrazone groups is 1. The third kappa shape index (κ3) is 2.74. The number of hydrogen-bond donors (Lipinski definition) is 2. The predicted octanol–water partition coefficient (Wildman–Crippen LogP) is 3.14. The first kappa shape index (κ1) is 13.7. The van der Waals surface area contributed by atoms with Gasteiger partial charge >= 0.3 is 0 Å². The van der Waals surface area contributed by atoms with Crippen LogP contribution in [0, 0.1) is 22.7 Å². The molecule has 0 unspecified atom stereocenters. The van der Waals surface area contributed by atoms with Crippen molar-refractivity contribution in [3.63, 3.8) is 0 Å². The van der Waals surface area contributed by atoms with Gasteiger partial charge in [0.2, 0.25) is 5.71 Å². The van der Waals surface area contributed by atoms with Crippen molar-refractivity contribution in [2.75, 3.05) is 17.3 Å². The van der Waals surface area contributed by atoms with E-state index in [2.05, 4.69) is 34.0 Å². The van der Waals surface area contributed by atoms with Crippen LogP contribution in [0.3, 0.4) is 0 Å². The average molecular weight is 287 g/mol. The highest BCUT2D eigenvalue weighted by Crippen LogP contribution is 2.29. The van der Waals surface area contributed by atoms with Gasteiger partial charge in [-0.2, -0.15) is 15.6 Å². The molecule has 0 aromatic heterocycles. The first-order valence-electron chi connectivity index (χ1n) is 6.91. The number of nitrogens with one attached hydrogen (secondary N) is 2. The summed E-state index contributed by atoms with van der Waals surface area (Å²) in [6.45, 7) is 1.000. The number of hydrogen-bond acceptors (Lipinski definition) is 5. The molecule has 1 aliphatic rings. The number of rotatable bonds is 3. The highest BCUT2D eigenvalue weighted by molar-refractivity contribution is 6.10. The topological polar surface area (TPSA) is 84.0 Å². The molecule has 1 aliphatic heterocycles. The fourth-order valence-electron chi connectivity index (χ4n) is 2.42. The highest BCUT2D eigenvalue weighted by Gasteiger charge is 2.10. The number of nitrogens with zero attached hydrogens (tertiary/aromatic N) is 3. The van der Waals surface area contributed by atoms with Crippen LogP contribution < -0.4 is 10.7 Å². The Hall–Kier alpha value is -3.31. The summed E-state index contributed by atoms with van der Waals surface area (Å²) in [6, 6.07) is 17.5. The molecule has 106 valence electrons. The molecule has 1 heterocycles. The second-order valence-electron chi connectivity index (χ2n) is 4.92. The van der Waals surface area contributed by atoms with Gasteiger partial charge in [-0.25, -0.2) is 0 Å². The molecule has 22 heavy (non-hydrogen) atoms. The lowest BCUT2D eigenvalue weighted by molar-refractivity contribution is 1.11. The van der Waals surface area contributed by atoms with Crippen LogP contribution in [0.1, 0.15) is 5.56 Å². The molecule has 0 saturated heterocycles. The van der Waals surface area contributed by atoms with Gasteiger partial charge in [0.15, 0.2) is 0 Å². The number of benzene rings is 2. The van der Waals surface area contributed by atoms with Crippen molar-refractivity contribution < 1.29 is 0 Å². The van der Waals surface area contributed by atoms with Gasteiger partial charge in [0, 0.05) is 12.2 Å². The van der Waals surface area contributed by atoms with E-state index in [1.165, 1.54) is 16.8 Å². The van der Waals surface area contributed by atoms with E-state index >= 15 is 0 Å². The Kier molecular flexibility index (Phi) is 3.72. The Labute approximate surface area is 128 Å². The summed E-state index contributed by atoms with van der Waals surface area (Å²) in [5, 5.41) is 24.3. The van der Waals surface area contributed by atoms with E-state index in [9.17, 15) is 0 Å². The minimum Gasteiger partial charge on any atom is -0.384 e. The lowest BCUT2D eigenvalue weighted by Gasteiger charge is -2.06. The number of anilines is 2. The largest absolute Gasteiger partial charge is 0.384 e. The monoisotopic (exact) mass is 287 g/mol. The second kappa shape index (κ2) is 5.99. The summed E-state index contributed by atoms with van der Waals surface area (Å²) in [5.41, 5.74) is 8.09. The van der Waals surface area contributed by atoms with Crippen molar-refractivity contribution in [2.24, 2.45) is 5.10 Å². The van der Waals surface area contributed by atoms with Gasteiger partial charge in [-0.3, -0.25) is 5.43 Å². The van der Waals surface area contributed by atoms with Crippen molar-refractivity contribution in [1.29, 1.82) is 10.5 Å².